The van der Waals surface area contributed by atoms with Crippen molar-refractivity contribution >= 4 is 5.69 Å². The summed E-state index contributed by atoms with van der Waals surface area (Å²) < 4.78 is 0. The Bertz CT molecular complexity index is 401. The summed E-state index contributed by atoms with van der Waals surface area (Å²) >= 11 is 0. The molecule has 5 heteroatoms. The maximum absolute atomic E-state index is 10.7. The van der Waals surface area contributed by atoms with Crippen LogP contribution >= 0.6 is 0 Å². The highest BCUT2D eigenvalue weighted by atomic mass is 16.6. The van der Waals surface area contributed by atoms with Crippen LogP contribution in [-0.4, -0.2) is 22.5 Å². The van der Waals surface area contributed by atoms with E-state index in [1.165, 1.54) is 0 Å². The van der Waals surface area contributed by atoms with Crippen LogP contribution in [0.5, 0.6) is 0 Å². The minimum Gasteiger partial charge on any atom is -0.314 e. The summed E-state index contributed by atoms with van der Waals surface area (Å²) in [6.07, 6.45) is 3.02. The van der Waals surface area contributed by atoms with Crippen LogP contribution in [0.25, 0.3) is 0 Å². The van der Waals surface area contributed by atoms with E-state index in [0.29, 0.717) is 11.7 Å². The Morgan fingerprint density at radius 2 is 2.17 bits per heavy atom. The summed E-state index contributed by atoms with van der Waals surface area (Å²) in [7, 11) is 0. The van der Waals surface area contributed by atoms with Crippen molar-refractivity contribution in [1.29, 1.82) is 0 Å². The smallest absolute Gasteiger partial charge is 0.290 e. The van der Waals surface area contributed by atoms with Gasteiger partial charge in [-0.25, -0.2) is 0 Å². The van der Waals surface area contributed by atoms with Gasteiger partial charge in [-0.15, -0.1) is 0 Å². The second-order valence-electron chi connectivity index (χ2n) is 4.41. The normalized spacial score (nSPS) is 12.4. The molecule has 1 atom stereocenters. The van der Waals surface area contributed by atoms with Crippen molar-refractivity contribution in [2.24, 2.45) is 0 Å². The summed E-state index contributed by atoms with van der Waals surface area (Å²) in [6.45, 7) is 6.84. The van der Waals surface area contributed by atoms with Crippen LogP contribution in [0.2, 0.25) is 0 Å². The van der Waals surface area contributed by atoms with Gasteiger partial charge in [0.05, 0.1) is 4.92 Å². The molecular formula is C13H21N3O2. The molecule has 18 heavy (non-hydrogen) atoms. The minimum atomic E-state index is -0.389. The van der Waals surface area contributed by atoms with E-state index in [0.717, 1.165) is 31.5 Å². The van der Waals surface area contributed by atoms with Gasteiger partial charge in [-0.05, 0) is 26.0 Å². The van der Waals surface area contributed by atoms with E-state index in [1.807, 2.05) is 0 Å². The van der Waals surface area contributed by atoms with Crippen LogP contribution in [0.1, 0.15) is 38.1 Å². The predicted molar refractivity (Wildman–Crippen MR) is 71.7 cm³/mol. The van der Waals surface area contributed by atoms with E-state index in [-0.39, 0.29) is 10.6 Å². The monoisotopic (exact) mass is 251 g/mol. The lowest BCUT2D eigenvalue weighted by Crippen LogP contribution is -2.31. The van der Waals surface area contributed by atoms with Gasteiger partial charge in [0.1, 0.15) is 5.69 Å². The van der Waals surface area contributed by atoms with E-state index in [1.54, 1.807) is 19.1 Å². The van der Waals surface area contributed by atoms with Crippen molar-refractivity contribution in [3.63, 3.8) is 0 Å². The lowest BCUT2D eigenvalue weighted by molar-refractivity contribution is -0.385. The highest BCUT2D eigenvalue weighted by Crippen LogP contribution is 2.16. The highest BCUT2D eigenvalue weighted by molar-refractivity contribution is 5.35. The summed E-state index contributed by atoms with van der Waals surface area (Å²) in [5, 5.41) is 14.1. The second-order valence-corrected chi connectivity index (χ2v) is 4.41. The molecule has 0 aromatic carbocycles. The van der Waals surface area contributed by atoms with Crippen LogP contribution < -0.4 is 5.32 Å². The molecule has 5 nitrogen and oxygen atoms in total. The first kappa shape index (κ1) is 14.6. The molecule has 0 saturated carbocycles. The molecule has 1 rings (SSSR count). The van der Waals surface area contributed by atoms with Crippen LogP contribution in [0, 0.1) is 17.0 Å². The second kappa shape index (κ2) is 7.06. The zero-order chi connectivity index (χ0) is 13.5. The Balaban J connectivity index is 2.77. The number of rotatable bonds is 7. The van der Waals surface area contributed by atoms with Gasteiger partial charge in [0.25, 0.3) is 5.69 Å². The Morgan fingerprint density at radius 1 is 1.44 bits per heavy atom. The largest absolute Gasteiger partial charge is 0.314 e. The van der Waals surface area contributed by atoms with Crippen LogP contribution in [0.4, 0.5) is 5.69 Å². The SMILES string of the molecule is CCCC(Cc1ccc([N+](=O)[O-])c(C)n1)NCC. The highest BCUT2D eigenvalue weighted by Gasteiger charge is 2.14. The van der Waals surface area contributed by atoms with Gasteiger partial charge in [-0.1, -0.05) is 20.3 Å². The van der Waals surface area contributed by atoms with E-state index in [9.17, 15) is 10.1 Å². The Hall–Kier alpha value is -1.49. The lowest BCUT2D eigenvalue weighted by Gasteiger charge is -2.16. The number of likely N-dealkylation sites (N-methyl/N-ethyl adjacent to an activating group) is 1. The molecule has 0 bridgehead atoms. The molecule has 0 aliphatic carbocycles. The Morgan fingerprint density at radius 3 is 2.67 bits per heavy atom. The zero-order valence-corrected chi connectivity index (χ0v) is 11.3. The molecule has 1 heterocycles. The van der Waals surface area contributed by atoms with Gasteiger partial charge < -0.3 is 5.32 Å². The summed E-state index contributed by atoms with van der Waals surface area (Å²) in [5.74, 6) is 0. The van der Waals surface area contributed by atoms with Gasteiger partial charge in [0, 0.05) is 24.2 Å². The number of aromatic nitrogens is 1. The maximum atomic E-state index is 10.7. The Labute approximate surface area is 108 Å². The molecule has 1 aromatic rings. The van der Waals surface area contributed by atoms with E-state index < -0.39 is 0 Å². The van der Waals surface area contributed by atoms with E-state index in [2.05, 4.69) is 24.1 Å². The average molecular weight is 251 g/mol. The predicted octanol–water partition coefficient (Wildman–Crippen LogP) is 2.62. The standard InChI is InChI=1S/C13H21N3O2/c1-4-6-11(14-5-2)9-12-7-8-13(16(17)18)10(3)15-12/h7-8,11,14H,4-6,9H2,1-3H3. The molecule has 1 aromatic heterocycles. The number of nitro groups is 1. The van der Waals surface area contributed by atoms with E-state index in [4.69, 9.17) is 0 Å². The number of hydrogen-bond donors (Lipinski definition) is 1. The first-order valence-electron chi connectivity index (χ1n) is 6.42. The van der Waals surface area contributed by atoms with Crippen molar-refractivity contribution in [3.05, 3.63) is 33.6 Å². The molecule has 0 spiro atoms. The van der Waals surface area contributed by atoms with Crippen molar-refractivity contribution in [1.82, 2.24) is 10.3 Å². The summed E-state index contributed by atoms with van der Waals surface area (Å²) in [4.78, 5) is 14.6. The van der Waals surface area contributed by atoms with Crippen molar-refractivity contribution < 1.29 is 4.92 Å². The number of hydrogen-bond acceptors (Lipinski definition) is 4. The van der Waals surface area contributed by atoms with E-state index >= 15 is 0 Å². The number of aryl methyl sites for hydroxylation is 1. The van der Waals surface area contributed by atoms with Crippen molar-refractivity contribution in [2.45, 2.75) is 46.1 Å². The van der Waals surface area contributed by atoms with Gasteiger partial charge >= 0.3 is 0 Å². The fraction of sp³-hybridized carbons (Fsp3) is 0.615. The number of pyridine rings is 1. The molecule has 0 saturated heterocycles. The summed E-state index contributed by atoms with van der Waals surface area (Å²) in [5.41, 5.74) is 1.50. The number of nitrogens with zero attached hydrogens (tertiary/aromatic N) is 2. The fourth-order valence-corrected chi connectivity index (χ4v) is 2.08. The van der Waals surface area contributed by atoms with Crippen molar-refractivity contribution in [3.8, 4) is 0 Å². The molecule has 0 radical (unpaired) electrons. The quantitative estimate of drug-likeness (QED) is 0.597. The first-order chi connectivity index (χ1) is 8.58. The fourth-order valence-electron chi connectivity index (χ4n) is 2.08. The minimum absolute atomic E-state index is 0.0919. The van der Waals surface area contributed by atoms with Gasteiger partial charge in [-0.2, -0.15) is 0 Å². The summed E-state index contributed by atoms with van der Waals surface area (Å²) in [6, 6.07) is 3.70. The molecule has 100 valence electrons. The van der Waals surface area contributed by atoms with Gasteiger partial charge in [0.15, 0.2) is 0 Å². The third-order valence-electron chi connectivity index (χ3n) is 2.90. The van der Waals surface area contributed by atoms with Crippen LogP contribution in [0.3, 0.4) is 0 Å². The van der Waals surface area contributed by atoms with Crippen LogP contribution in [0.15, 0.2) is 12.1 Å². The zero-order valence-electron chi connectivity index (χ0n) is 11.3. The molecule has 1 N–H and O–H groups in total. The third kappa shape index (κ3) is 4.07. The molecule has 0 amide bonds. The topological polar surface area (TPSA) is 68.1 Å². The van der Waals surface area contributed by atoms with Gasteiger partial charge in [-0.3, -0.25) is 15.1 Å². The lowest BCUT2D eigenvalue weighted by atomic mass is 10.1. The van der Waals surface area contributed by atoms with Crippen molar-refractivity contribution in [2.75, 3.05) is 6.54 Å². The molecule has 0 fully saturated rings. The molecule has 0 aliphatic rings. The molecule has 1 unspecified atom stereocenters. The molecule has 0 aliphatic heterocycles. The molecular weight excluding hydrogens is 230 g/mol. The first-order valence-corrected chi connectivity index (χ1v) is 6.42. The third-order valence-corrected chi connectivity index (χ3v) is 2.90. The van der Waals surface area contributed by atoms with Crippen LogP contribution in [-0.2, 0) is 6.42 Å². The number of nitrogens with one attached hydrogen (secondary N) is 1. The Kier molecular flexibility index (Phi) is 5.71. The van der Waals surface area contributed by atoms with Gasteiger partial charge in [0.2, 0.25) is 0 Å². The maximum Gasteiger partial charge on any atom is 0.290 e. The average Bonchev–Trinajstić information content (AvgIpc) is 2.29.